The first-order chi connectivity index (χ1) is 19.5. The maximum atomic E-state index is 12.6. The van der Waals surface area contributed by atoms with Gasteiger partial charge in [-0.15, -0.1) is 0 Å². The van der Waals surface area contributed by atoms with Crippen LogP contribution in [0, 0.1) is 6.92 Å². The highest BCUT2D eigenvalue weighted by molar-refractivity contribution is 6.01. The van der Waals surface area contributed by atoms with Crippen LogP contribution < -0.4 is 24.3 Å². The maximum absolute atomic E-state index is 12.6. The molecule has 8 nitrogen and oxygen atoms in total. The molecule has 1 amide bonds. The van der Waals surface area contributed by atoms with Crippen LogP contribution in [0.15, 0.2) is 79.1 Å². The number of carbonyl (C=O) groups excluding carboxylic acids is 1. The van der Waals surface area contributed by atoms with Crippen molar-refractivity contribution < 1.29 is 23.7 Å². The van der Waals surface area contributed by atoms with E-state index in [0.29, 0.717) is 37.8 Å². The average molecular weight is 542 g/mol. The van der Waals surface area contributed by atoms with Crippen molar-refractivity contribution in [1.29, 1.82) is 0 Å². The van der Waals surface area contributed by atoms with Gasteiger partial charge in [-0.1, -0.05) is 29.8 Å². The monoisotopic (exact) mass is 541 g/mol. The Morgan fingerprint density at radius 1 is 0.925 bits per heavy atom. The van der Waals surface area contributed by atoms with Crippen molar-refractivity contribution in [3.63, 3.8) is 0 Å². The Morgan fingerprint density at radius 3 is 2.42 bits per heavy atom. The Balaban J connectivity index is 1.36. The van der Waals surface area contributed by atoms with E-state index in [1.165, 1.54) is 11.6 Å². The third-order valence-corrected chi connectivity index (χ3v) is 6.00. The smallest absolute Gasteiger partial charge is 0.248 e. The summed E-state index contributed by atoms with van der Waals surface area (Å²) in [6.45, 7) is 7.90. The van der Waals surface area contributed by atoms with Crippen molar-refractivity contribution in [3.05, 3.63) is 101 Å². The molecule has 0 bridgehead atoms. The van der Waals surface area contributed by atoms with E-state index in [9.17, 15) is 4.79 Å². The predicted octanol–water partition coefficient (Wildman–Crippen LogP) is 6.28. The second kappa shape index (κ2) is 13.9. The average Bonchev–Trinajstić information content (AvgIpc) is 3.39. The van der Waals surface area contributed by atoms with Gasteiger partial charge < -0.3 is 24.3 Å². The number of methoxy groups -OCH3 is 1. The lowest BCUT2D eigenvalue weighted by molar-refractivity contribution is -0.111. The fraction of sp³-hybridized carbons (Fsp3) is 0.250. The van der Waals surface area contributed by atoms with Gasteiger partial charge >= 0.3 is 0 Å². The molecule has 0 radical (unpaired) electrons. The molecule has 0 saturated carbocycles. The standard InChI is InChI=1S/C32H35N3O5/c1-5-38-30-15-10-25(18-31(30)39-6-2)20-35-21-27(19-33-35)34-32(36)16-11-24-9-14-29(37-4)26(17-24)22-40-28-12-7-23(3)8-13-28/h7-19,21H,5-6,20,22H2,1-4H3,(H,34,36)/b16-11+. The lowest BCUT2D eigenvalue weighted by atomic mass is 10.1. The Morgan fingerprint density at radius 2 is 1.68 bits per heavy atom. The Kier molecular flexibility index (Phi) is 9.83. The molecule has 0 unspecified atom stereocenters. The Hall–Kier alpha value is -4.72. The van der Waals surface area contributed by atoms with Gasteiger partial charge in [0.2, 0.25) is 5.91 Å². The van der Waals surface area contributed by atoms with E-state index < -0.39 is 0 Å². The summed E-state index contributed by atoms with van der Waals surface area (Å²) in [5.41, 5.74) is 4.52. The number of rotatable bonds is 13. The summed E-state index contributed by atoms with van der Waals surface area (Å²) in [6.07, 6.45) is 6.66. The van der Waals surface area contributed by atoms with Gasteiger partial charge in [0.05, 0.1) is 38.8 Å². The zero-order chi connectivity index (χ0) is 28.3. The number of hydrogen-bond acceptors (Lipinski definition) is 6. The molecule has 1 heterocycles. The van der Waals surface area contributed by atoms with Gasteiger partial charge in [-0.2, -0.15) is 5.10 Å². The number of amides is 1. The number of nitrogens with one attached hydrogen (secondary N) is 1. The van der Waals surface area contributed by atoms with Crippen LogP contribution in [0.3, 0.4) is 0 Å². The molecule has 4 aromatic rings. The topological polar surface area (TPSA) is 83.8 Å². The van der Waals surface area contributed by atoms with E-state index >= 15 is 0 Å². The van der Waals surface area contributed by atoms with Gasteiger partial charge in [0.25, 0.3) is 0 Å². The van der Waals surface area contributed by atoms with Crippen LogP contribution in [0.25, 0.3) is 6.08 Å². The van der Waals surface area contributed by atoms with E-state index in [0.717, 1.165) is 33.9 Å². The first kappa shape index (κ1) is 28.3. The van der Waals surface area contributed by atoms with E-state index in [-0.39, 0.29) is 5.91 Å². The zero-order valence-corrected chi connectivity index (χ0v) is 23.3. The van der Waals surface area contributed by atoms with Crippen molar-refractivity contribution in [1.82, 2.24) is 9.78 Å². The molecule has 1 aromatic heterocycles. The number of aryl methyl sites for hydroxylation is 1. The Bertz CT molecular complexity index is 1440. The molecule has 0 spiro atoms. The molecule has 3 aromatic carbocycles. The largest absolute Gasteiger partial charge is 0.496 e. The summed E-state index contributed by atoms with van der Waals surface area (Å²) in [6, 6.07) is 19.4. The van der Waals surface area contributed by atoms with Crippen LogP contribution in [0.1, 0.15) is 36.1 Å². The molecule has 4 rings (SSSR count). The highest BCUT2D eigenvalue weighted by Crippen LogP contribution is 2.29. The van der Waals surface area contributed by atoms with Crippen LogP contribution in [0.4, 0.5) is 5.69 Å². The third-order valence-electron chi connectivity index (χ3n) is 6.00. The van der Waals surface area contributed by atoms with E-state index in [2.05, 4.69) is 10.4 Å². The van der Waals surface area contributed by atoms with Gasteiger partial charge in [0, 0.05) is 17.8 Å². The van der Waals surface area contributed by atoms with Crippen LogP contribution in [0.2, 0.25) is 0 Å². The van der Waals surface area contributed by atoms with Gasteiger partial charge in [-0.05, 0) is 74.4 Å². The molecule has 208 valence electrons. The van der Waals surface area contributed by atoms with Crippen LogP contribution in [-0.2, 0) is 17.9 Å². The quantitative estimate of drug-likeness (QED) is 0.201. The normalized spacial score (nSPS) is 10.9. The molecule has 8 heteroatoms. The van der Waals surface area contributed by atoms with Crippen molar-refractivity contribution in [2.75, 3.05) is 25.6 Å². The molecular weight excluding hydrogens is 506 g/mol. The van der Waals surface area contributed by atoms with Crippen molar-refractivity contribution >= 4 is 17.7 Å². The Labute approximate surface area is 235 Å². The molecule has 0 saturated heterocycles. The van der Waals surface area contributed by atoms with E-state index in [4.69, 9.17) is 18.9 Å². The first-order valence-corrected chi connectivity index (χ1v) is 13.2. The predicted molar refractivity (Wildman–Crippen MR) is 156 cm³/mol. The number of carbonyl (C=O) groups is 1. The minimum absolute atomic E-state index is 0.257. The number of nitrogens with zero attached hydrogens (tertiary/aromatic N) is 2. The fourth-order valence-corrected chi connectivity index (χ4v) is 4.06. The second-order valence-corrected chi connectivity index (χ2v) is 9.07. The third kappa shape index (κ3) is 7.89. The van der Waals surface area contributed by atoms with Gasteiger partial charge in [0.15, 0.2) is 11.5 Å². The van der Waals surface area contributed by atoms with Gasteiger partial charge in [0.1, 0.15) is 18.1 Å². The van der Waals surface area contributed by atoms with Crippen molar-refractivity contribution in [2.24, 2.45) is 0 Å². The van der Waals surface area contributed by atoms with Gasteiger partial charge in [-0.3, -0.25) is 9.48 Å². The number of ether oxygens (including phenoxy) is 4. The summed E-state index contributed by atoms with van der Waals surface area (Å²) in [7, 11) is 1.63. The molecular formula is C32H35N3O5. The highest BCUT2D eigenvalue weighted by Gasteiger charge is 2.09. The second-order valence-electron chi connectivity index (χ2n) is 9.07. The van der Waals surface area contributed by atoms with Crippen molar-refractivity contribution in [2.45, 2.75) is 33.9 Å². The molecule has 40 heavy (non-hydrogen) atoms. The summed E-state index contributed by atoms with van der Waals surface area (Å²) >= 11 is 0. The summed E-state index contributed by atoms with van der Waals surface area (Å²) in [5, 5.41) is 7.24. The molecule has 0 fully saturated rings. The van der Waals surface area contributed by atoms with Gasteiger partial charge in [-0.25, -0.2) is 0 Å². The number of anilines is 1. The van der Waals surface area contributed by atoms with Crippen LogP contribution >= 0.6 is 0 Å². The highest BCUT2D eigenvalue weighted by atomic mass is 16.5. The summed E-state index contributed by atoms with van der Waals surface area (Å²) in [5.74, 6) is 2.67. The van der Waals surface area contributed by atoms with E-state index in [1.807, 2.05) is 81.4 Å². The zero-order valence-electron chi connectivity index (χ0n) is 23.3. The van der Waals surface area contributed by atoms with Crippen molar-refractivity contribution in [3.8, 4) is 23.0 Å². The van der Waals surface area contributed by atoms with E-state index in [1.54, 1.807) is 30.3 Å². The summed E-state index contributed by atoms with van der Waals surface area (Å²) in [4.78, 5) is 12.6. The fourth-order valence-electron chi connectivity index (χ4n) is 4.06. The minimum Gasteiger partial charge on any atom is -0.496 e. The summed E-state index contributed by atoms with van der Waals surface area (Å²) < 4.78 is 24.5. The molecule has 0 aliphatic heterocycles. The lowest BCUT2D eigenvalue weighted by Gasteiger charge is -2.12. The van der Waals surface area contributed by atoms with Crippen LogP contribution in [0.5, 0.6) is 23.0 Å². The molecule has 0 aliphatic carbocycles. The number of aromatic nitrogens is 2. The molecule has 1 N–H and O–H groups in total. The molecule has 0 atom stereocenters. The number of hydrogen-bond donors (Lipinski definition) is 1. The molecule has 0 aliphatic rings. The maximum Gasteiger partial charge on any atom is 0.248 e. The lowest BCUT2D eigenvalue weighted by Crippen LogP contribution is -2.07. The number of benzene rings is 3. The first-order valence-electron chi connectivity index (χ1n) is 13.2. The van der Waals surface area contributed by atoms with Crippen LogP contribution in [-0.4, -0.2) is 36.0 Å². The SMILES string of the molecule is CCOc1ccc(Cn2cc(NC(=O)/C=C/c3ccc(OC)c(COc4ccc(C)cc4)c3)cn2)cc1OCC. The minimum atomic E-state index is -0.257.